The Morgan fingerprint density at radius 2 is 2.14 bits per heavy atom. The number of pyridine rings is 1. The summed E-state index contributed by atoms with van der Waals surface area (Å²) < 4.78 is 0. The van der Waals surface area contributed by atoms with Crippen molar-refractivity contribution >= 4 is 17.6 Å². The monoisotopic (exact) mass is 209 g/mol. The van der Waals surface area contributed by atoms with Crippen LogP contribution in [0.2, 0.25) is 0 Å². The maximum Gasteiger partial charge on any atom is 0.125 e. The zero-order valence-corrected chi connectivity index (χ0v) is 9.48. The highest BCUT2D eigenvalue weighted by Crippen LogP contribution is 2.24. The van der Waals surface area contributed by atoms with Gasteiger partial charge in [-0.2, -0.15) is 0 Å². The molecule has 3 N–H and O–H groups in total. The molecule has 1 aromatic heterocycles. The number of nitrogen functional groups attached to an aromatic ring is 1. The van der Waals surface area contributed by atoms with Gasteiger partial charge in [0.1, 0.15) is 10.9 Å². The van der Waals surface area contributed by atoms with Crippen molar-refractivity contribution in [1.29, 1.82) is 5.41 Å². The summed E-state index contributed by atoms with van der Waals surface area (Å²) in [7, 11) is 0. The van der Waals surface area contributed by atoms with Gasteiger partial charge in [0.25, 0.3) is 0 Å². The summed E-state index contributed by atoms with van der Waals surface area (Å²) in [5.41, 5.74) is 7.16. The minimum absolute atomic E-state index is 0.0839. The zero-order valence-electron chi connectivity index (χ0n) is 8.66. The van der Waals surface area contributed by atoms with E-state index in [1.165, 1.54) is 0 Å². The molecule has 0 amide bonds. The standard InChI is InChI=1S/C10H15N3S/c1-6(2)14-10-8(9(11)12)5-4-7(3)13-10/h4-6H,1-3H3,(H3,11,12). The molecule has 0 bridgehead atoms. The molecule has 4 heteroatoms. The third-order valence-corrected chi connectivity index (χ3v) is 2.64. The van der Waals surface area contributed by atoms with Gasteiger partial charge < -0.3 is 5.73 Å². The second kappa shape index (κ2) is 4.46. The lowest BCUT2D eigenvalue weighted by Gasteiger charge is -2.09. The summed E-state index contributed by atoms with van der Waals surface area (Å²) >= 11 is 1.64. The van der Waals surface area contributed by atoms with Crippen molar-refractivity contribution in [2.75, 3.05) is 0 Å². The first-order valence-corrected chi connectivity index (χ1v) is 5.37. The molecule has 0 fully saturated rings. The van der Waals surface area contributed by atoms with Crippen molar-refractivity contribution in [2.24, 2.45) is 5.73 Å². The predicted molar refractivity (Wildman–Crippen MR) is 61.0 cm³/mol. The van der Waals surface area contributed by atoms with Gasteiger partial charge in [0.2, 0.25) is 0 Å². The summed E-state index contributed by atoms with van der Waals surface area (Å²) in [4.78, 5) is 4.38. The minimum atomic E-state index is 0.0839. The second-order valence-electron chi connectivity index (χ2n) is 3.39. The molecule has 0 atom stereocenters. The van der Waals surface area contributed by atoms with Crippen LogP contribution in [0.25, 0.3) is 0 Å². The molecular formula is C10H15N3S. The van der Waals surface area contributed by atoms with E-state index < -0.39 is 0 Å². The number of nitrogens with two attached hydrogens (primary N) is 1. The van der Waals surface area contributed by atoms with E-state index in [1.807, 2.05) is 19.1 Å². The smallest absolute Gasteiger partial charge is 0.125 e. The molecule has 1 aromatic rings. The molecule has 76 valence electrons. The Balaban J connectivity index is 3.09. The number of rotatable bonds is 3. The van der Waals surface area contributed by atoms with Crippen molar-refractivity contribution in [1.82, 2.24) is 4.98 Å². The van der Waals surface area contributed by atoms with Crippen molar-refractivity contribution in [3.63, 3.8) is 0 Å². The number of thioether (sulfide) groups is 1. The summed E-state index contributed by atoms with van der Waals surface area (Å²) in [5.74, 6) is 0.0839. The van der Waals surface area contributed by atoms with Crippen LogP contribution < -0.4 is 5.73 Å². The average Bonchev–Trinajstić information content (AvgIpc) is 2.01. The van der Waals surface area contributed by atoms with Crippen molar-refractivity contribution in [2.45, 2.75) is 31.0 Å². The Bertz CT molecular complexity index is 347. The predicted octanol–water partition coefficient (Wildman–Crippen LogP) is 2.17. The molecule has 0 spiro atoms. The lowest BCUT2D eigenvalue weighted by molar-refractivity contribution is 1.03. The van der Waals surface area contributed by atoms with E-state index in [0.29, 0.717) is 5.25 Å². The fourth-order valence-electron chi connectivity index (χ4n) is 1.05. The van der Waals surface area contributed by atoms with E-state index in [-0.39, 0.29) is 5.84 Å². The van der Waals surface area contributed by atoms with Gasteiger partial charge in [-0.1, -0.05) is 13.8 Å². The van der Waals surface area contributed by atoms with Gasteiger partial charge in [0.05, 0.1) is 0 Å². The van der Waals surface area contributed by atoms with Gasteiger partial charge in [-0.05, 0) is 19.1 Å². The number of hydrogen-bond acceptors (Lipinski definition) is 3. The number of aryl methyl sites for hydroxylation is 1. The molecule has 0 aliphatic heterocycles. The first-order chi connectivity index (χ1) is 6.50. The SMILES string of the molecule is Cc1ccc(C(=N)N)c(SC(C)C)n1. The third kappa shape index (κ3) is 2.73. The van der Waals surface area contributed by atoms with Gasteiger partial charge >= 0.3 is 0 Å². The highest BCUT2D eigenvalue weighted by Gasteiger charge is 2.09. The van der Waals surface area contributed by atoms with Crippen LogP contribution in [0.5, 0.6) is 0 Å². The van der Waals surface area contributed by atoms with Gasteiger partial charge in [-0.25, -0.2) is 4.98 Å². The maximum absolute atomic E-state index is 7.42. The van der Waals surface area contributed by atoms with Crippen LogP contribution in [-0.4, -0.2) is 16.1 Å². The molecule has 0 radical (unpaired) electrons. The Labute approximate surface area is 88.6 Å². The number of hydrogen-bond donors (Lipinski definition) is 2. The summed E-state index contributed by atoms with van der Waals surface area (Å²) in [6, 6.07) is 3.73. The Kier molecular flexibility index (Phi) is 3.52. The normalized spacial score (nSPS) is 10.6. The van der Waals surface area contributed by atoms with Crippen molar-refractivity contribution in [3.05, 3.63) is 23.4 Å². The minimum Gasteiger partial charge on any atom is -0.384 e. The molecule has 0 unspecified atom stereocenters. The molecule has 0 aromatic carbocycles. The van der Waals surface area contributed by atoms with E-state index in [2.05, 4.69) is 18.8 Å². The molecule has 1 rings (SSSR count). The van der Waals surface area contributed by atoms with Crippen LogP contribution >= 0.6 is 11.8 Å². The number of nitrogens with zero attached hydrogens (tertiary/aromatic N) is 1. The topological polar surface area (TPSA) is 62.8 Å². The molecular weight excluding hydrogens is 194 g/mol. The Morgan fingerprint density at radius 1 is 1.50 bits per heavy atom. The van der Waals surface area contributed by atoms with E-state index in [0.717, 1.165) is 16.3 Å². The van der Waals surface area contributed by atoms with Crippen LogP contribution in [0.1, 0.15) is 25.1 Å². The fourth-order valence-corrected chi connectivity index (χ4v) is 2.00. The fraction of sp³-hybridized carbons (Fsp3) is 0.400. The quantitative estimate of drug-likeness (QED) is 0.455. The number of aromatic nitrogens is 1. The first kappa shape index (κ1) is 11.0. The van der Waals surface area contributed by atoms with E-state index in [1.54, 1.807) is 11.8 Å². The van der Waals surface area contributed by atoms with Crippen LogP contribution in [0, 0.1) is 12.3 Å². The zero-order chi connectivity index (χ0) is 10.7. The molecule has 0 aliphatic rings. The van der Waals surface area contributed by atoms with Crippen LogP contribution in [0.4, 0.5) is 0 Å². The largest absolute Gasteiger partial charge is 0.384 e. The summed E-state index contributed by atoms with van der Waals surface area (Å²) in [5, 5.41) is 8.72. The summed E-state index contributed by atoms with van der Waals surface area (Å²) in [6.07, 6.45) is 0. The van der Waals surface area contributed by atoms with Gasteiger partial charge in [0, 0.05) is 16.5 Å². The van der Waals surface area contributed by atoms with Crippen molar-refractivity contribution < 1.29 is 0 Å². The van der Waals surface area contributed by atoms with E-state index in [4.69, 9.17) is 11.1 Å². The molecule has 0 saturated heterocycles. The van der Waals surface area contributed by atoms with E-state index in [9.17, 15) is 0 Å². The molecule has 14 heavy (non-hydrogen) atoms. The number of amidine groups is 1. The highest BCUT2D eigenvalue weighted by molar-refractivity contribution is 7.99. The van der Waals surface area contributed by atoms with Crippen LogP contribution in [-0.2, 0) is 0 Å². The van der Waals surface area contributed by atoms with Crippen LogP contribution in [0.15, 0.2) is 17.2 Å². The summed E-state index contributed by atoms with van der Waals surface area (Å²) in [6.45, 7) is 6.13. The molecule has 3 nitrogen and oxygen atoms in total. The van der Waals surface area contributed by atoms with Gasteiger partial charge in [-0.15, -0.1) is 11.8 Å². The Morgan fingerprint density at radius 3 is 2.64 bits per heavy atom. The first-order valence-electron chi connectivity index (χ1n) is 4.49. The van der Waals surface area contributed by atoms with Gasteiger partial charge in [0.15, 0.2) is 0 Å². The molecule has 0 aliphatic carbocycles. The highest BCUT2D eigenvalue weighted by atomic mass is 32.2. The van der Waals surface area contributed by atoms with Crippen molar-refractivity contribution in [3.8, 4) is 0 Å². The van der Waals surface area contributed by atoms with Gasteiger partial charge in [-0.3, -0.25) is 5.41 Å². The lowest BCUT2D eigenvalue weighted by Crippen LogP contribution is -2.13. The molecule has 0 saturated carbocycles. The molecule has 1 heterocycles. The number of nitrogens with one attached hydrogen (secondary N) is 1. The van der Waals surface area contributed by atoms with E-state index >= 15 is 0 Å². The second-order valence-corrected chi connectivity index (χ2v) is 4.95. The lowest BCUT2D eigenvalue weighted by atomic mass is 10.2. The average molecular weight is 209 g/mol. The third-order valence-electron chi connectivity index (χ3n) is 1.64. The van der Waals surface area contributed by atoms with Crippen LogP contribution in [0.3, 0.4) is 0 Å². The Hall–Kier alpha value is -1.03. The maximum atomic E-state index is 7.42.